The second-order valence-corrected chi connectivity index (χ2v) is 5.28. The summed E-state index contributed by atoms with van der Waals surface area (Å²) in [6.07, 6.45) is 0.949. The van der Waals surface area contributed by atoms with Crippen LogP contribution in [0.1, 0.15) is 18.0 Å². The van der Waals surface area contributed by atoms with Gasteiger partial charge in [0.15, 0.2) is 0 Å². The highest BCUT2D eigenvalue weighted by atomic mass is 19.1. The minimum absolute atomic E-state index is 0.230. The van der Waals surface area contributed by atoms with Gasteiger partial charge in [-0.15, -0.1) is 0 Å². The van der Waals surface area contributed by atoms with Gasteiger partial charge in [-0.25, -0.2) is 4.39 Å². The van der Waals surface area contributed by atoms with Gasteiger partial charge in [0.2, 0.25) is 0 Å². The number of fused-ring (bicyclic) bond motifs is 1. The molecule has 1 aliphatic rings. The van der Waals surface area contributed by atoms with Gasteiger partial charge < -0.3 is 15.4 Å². The molecule has 3 nitrogen and oxygen atoms in total. The predicted octanol–water partition coefficient (Wildman–Crippen LogP) is 3.11. The first kappa shape index (κ1) is 13.9. The molecule has 2 aromatic carbocycles. The third kappa shape index (κ3) is 3.16. The number of halogens is 1. The summed E-state index contributed by atoms with van der Waals surface area (Å²) in [5.41, 5.74) is 8.13. The molecule has 21 heavy (non-hydrogen) atoms. The molecule has 1 unspecified atom stereocenters. The number of para-hydroxylation sites is 2. The average molecular weight is 286 g/mol. The Kier molecular flexibility index (Phi) is 4.06. The summed E-state index contributed by atoms with van der Waals surface area (Å²) in [5, 5.41) is 0. The highest BCUT2D eigenvalue weighted by Crippen LogP contribution is 2.31. The van der Waals surface area contributed by atoms with E-state index in [0.717, 1.165) is 30.0 Å². The summed E-state index contributed by atoms with van der Waals surface area (Å²) < 4.78 is 19.1. The van der Waals surface area contributed by atoms with Crippen molar-refractivity contribution in [1.82, 2.24) is 0 Å². The second-order valence-electron chi connectivity index (χ2n) is 5.28. The maximum atomic E-state index is 13.3. The number of benzene rings is 2. The number of nitrogens with two attached hydrogens (primary N) is 1. The van der Waals surface area contributed by atoms with Gasteiger partial charge in [0.1, 0.15) is 11.6 Å². The van der Waals surface area contributed by atoms with Crippen molar-refractivity contribution in [3.8, 4) is 5.75 Å². The zero-order valence-electron chi connectivity index (χ0n) is 11.8. The second kappa shape index (κ2) is 6.14. The molecule has 3 rings (SSSR count). The van der Waals surface area contributed by atoms with Gasteiger partial charge in [0.05, 0.1) is 12.3 Å². The molecule has 2 aromatic rings. The van der Waals surface area contributed by atoms with E-state index in [-0.39, 0.29) is 11.9 Å². The van der Waals surface area contributed by atoms with Crippen molar-refractivity contribution in [3.05, 3.63) is 59.9 Å². The van der Waals surface area contributed by atoms with Gasteiger partial charge in [-0.05, 0) is 36.2 Å². The van der Waals surface area contributed by atoms with Crippen LogP contribution in [-0.2, 0) is 0 Å². The highest BCUT2D eigenvalue weighted by molar-refractivity contribution is 5.59. The molecule has 4 heteroatoms. The lowest BCUT2D eigenvalue weighted by Gasteiger charge is -2.27. The predicted molar refractivity (Wildman–Crippen MR) is 82.1 cm³/mol. The maximum Gasteiger partial charge on any atom is 0.142 e. The molecule has 1 aliphatic heterocycles. The fraction of sp³-hybridized carbons (Fsp3) is 0.294. The van der Waals surface area contributed by atoms with Crippen LogP contribution in [0.25, 0.3) is 0 Å². The number of hydrogen-bond donors (Lipinski definition) is 1. The van der Waals surface area contributed by atoms with Crippen molar-refractivity contribution >= 4 is 5.69 Å². The largest absolute Gasteiger partial charge is 0.491 e. The fourth-order valence-electron chi connectivity index (χ4n) is 2.67. The molecule has 0 aromatic heterocycles. The number of ether oxygens (including phenoxy) is 1. The van der Waals surface area contributed by atoms with Crippen LogP contribution in [-0.4, -0.2) is 19.7 Å². The average Bonchev–Trinajstić information content (AvgIpc) is 2.70. The number of rotatable bonds is 3. The molecule has 0 aliphatic carbocycles. The number of hydrogen-bond acceptors (Lipinski definition) is 3. The first-order chi connectivity index (χ1) is 10.2. The standard InChI is InChI=1S/C17H19FN2O/c18-14-6-3-5-13(11-14)15(19)12-20-9-4-10-21-17-8-2-1-7-16(17)20/h1-3,5-8,11,15H,4,9-10,12,19H2. The van der Waals surface area contributed by atoms with Crippen LogP contribution in [0.3, 0.4) is 0 Å². The lowest BCUT2D eigenvalue weighted by molar-refractivity contribution is 0.322. The van der Waals surface area contributed by atoms with Gasteiger partial charge in [-0.2, -0.15) is 0 Å². The van der Waals surface area contributed by atoms with E-state index in [4.69, 9.17) is 10.5 Å². The third-order valence-electron chi connectivity index (χ3n) is 3.73. The molecule has 0 saturated carbocycles. The first-order valence-electron chi connectivity index (χ1n) is 7.22. The van der Waals surface area contributed by atoms with Crippen molar-refractivity contribution < 1.29 is 9.13 Å². The Bertz CT molecular complexity index is 617. The number of nitrogens with zero attached hydrogens (tertiary/aromatic N) is 1. The van der Waals surface area contributed by atoms with Crippen molar-refractivity contribution in [1.29, 1.82) is 0 Å². The SMILES string of the molecule is NC(CN1CCCOc2ccccc21)c1cccc(F)c1. The molecule has 0 radical (unpaired) electrons. The Hall–Kier alpha value is -2.07. The smallest absolute Gasteiger partial charge is 0.142 e. The Morgan fingerprint density at radius 3 is 2.90 bits per heavy atom. The van der Waals surface area contributed by atoms with E-state index in [1.165, 1.54) is 12.1 Å². The topological polar surface area (TPSA) is 38.5 Å². The zero-order valence-corrected chi connectivity index (χ0v) is 11.8. The van der Waals surface area contributed by atoms with Crippen molar-refractivity contribution in [2.24, 2.45) is 5.73 Å². The van der Waals surface area contributed by atoms with Crippen molar-refractivity contribution in [3.63, 3.8) is 0 Å². The fourth-order valence-corrected chi connectivity index (χ4v) is 2.67. The molecule has 1 atom stereocenters. The van der Waals surface area contributed by atoms with Crippen LogP contribution in [0.15, 0.2) is 48.5 Å². The molecule has 0 amide bonds. The van der Waals surface area contributed by atoms with E-state index in [1.807, 2.05) is 30.3 Å². The molecule has 0 spiro atoms. The van der Waals surface area contributed by atoms with Gasteiger partial charge >= 0.3 is 0 Å². The van der Waals surface area contributed by atoms with Crippen molar-refractivity contribution in [2.75, 3.05) is 24.6 Å². The van der Waals surface area contributed by atoms with E-state index in [0.29, 0.717) is 13.2 Å². The van der Waals surface area contributed by atoms with E-state index < -0.39 is 0 Å². The summed E-state index contributed by atoms with van der Waals surface area (Å²) in [6.45, 7) is 2.24. The minimum atomic E-state index is -0.248. The molecule has 2 N–H and O–H groups in total. The molecule has 0 fully saturated rings. The molecular weight excluding hydrogens is 267 g/mol. The van der Waals surface area contributed by atoms with E-state index in [1.54, 1.807) is 6.07 Å². The Balaban J connectivity index is 1.81. The van der Waals surface area contributed by atoms with Crippen molar-refractivity contribution in [2.45, 2.75) is 12.5 Å². The zero-order chi connectivity index (χ0) is 14.7. The van der Waals surface area contributed by atoms with Gasteiger partial charge in [0, 0.05) is 19.1 Å². The van der Waals surface area contributed by atoms with Crippen LogP contribution >= 0.6 is 0 Å². The van der Waals surface area contributed by atoms with Gasteiger partial charge in [-0.3, -0.25) is 0 Å². The number of anilines is 1. The molecule has 110 valence electrons. The summed E-state index contributed by atoms with van der Waals surface area (Å²) in [6, 6.07) is 14.3. The first-order valence-corrected chi connectivity index (χ1v) is 7.22. The van der Waals surface area contributed by atoms with Gasteiger partial charge in [-0.1, -0.05) is 24.3 Å². The Morgan fingerprint density at radius 1 is 1.19 bits per heavy atom. The molecular formula is C17H19FN2O. The lowest BCUT2D eigenvalue weighted by Crippen LogP contribution is -2.32. The van der Waals surface area contributed by atoms with Crippen LogP contribution < -0.4 is 15.4 Å². The Labute approximate surface area is 124 Å². The quantitative estimate of drug-likeness (QED) is 0.942. The maximum absolute atomic E-state index is 13.3. The third-order valence-corrected chi connectivity index (χ3v) is 3.73. The minimum Gasteiger partial charge on any atom is -0.491 e. The Morgan fingerprint density at radius 2 is 2.05 bits per heavy atom. The highest BCUT2D eigenvalue weighted by Gasteiger charge is 2.19. The molecule has 1 heterocycles. The molecule has 0 saturated heterocycles. The van der Waals surface area contributed by atoms with E-state index >= 15 is 0 Å². The molecule has 0 bridgehead atoms. The van der Waals surface area contributed by atoms with Gasteiger partial charge in [0.25, 0.3) is 0 Å². The lowest BCUT2D eigenvalue weighted by atomic mass is 10.1. The van der Waals surface area contributed by atoms with Crippen LogP contribution in [0.2, 0.25) is 0 Å². The summed E-state index contributed by atoms with van der Waals surface area (Å²) in [7, 11) is 0. The summed E-state index contributed by atoms with van der Waals surface area (Å²) >= 11 is 0. The van der Waals surface area contributed by atoms with E-state index in [2.05, 4.69) is 4.90 Å². The van der Waals surface area contributed by atoms with Crippen LogP contribution in [0.5, 0.6) is 5.75 Å². The monoisotopic (exact) mass is 286 g/mol. The van der Waals surface area contributed by atoms with Crippen LogP contribution in [0, 0.1) is 5.82 Å². The normalized spacial score (nSPS) is 15.8. The summed E-state index contributed by atoms with van der Waals surface area (Å²) in [4.78, 5) is 2.22. The van der Waals surface area contributed by atoms with Crippen LogP contribution in [0.4, 0.5) is 10.1 Å². The van der Waals surface area contributed by atoms with E-state index in [9.17, 15) is 4.39 Å². The summed E-state index contributed by atoms with van der Waals surface area (Å²) in [5.74, 6) is 0.643.